The lowest BCUT2D eigenvalue weighted by atomic mass is 10.0. The second-order valence-electron chi connectivity index (χ2n) is 5.40. The Hall–Kier alpha value is -2.60. The van der Waals surface area contributed by atoms with Crippen LogP contribution in [0.1, 0.15) is 17.3 Å². The number of nitrogens with zero attached hydrogens (tertiary/aromatic N) is 3. The van der Waals surface area contributed by atoms with E-state index >= 15 is 0 Å². The molecule has 116 valence electrons. The normalized spacial score (nSPS) is 16.9. The number of amides is 2. The minimum absolute atomic E-state index is 0.0834. The van der Waals surface area contributed by atoms with Crippen LogP contribution in [0, 0.1) is 0 Å². The Bertz CT molecular complexity index is 797. The second kappa shape index (κ2) is 5.89. The lowest BCUT2D eigenvalue weighted by Gasteiger charge is -2.37. The van der Waals surface area contributed by atoms with E-state index in [2.05, 4.69) is 39.3 Å². The van der Waals surface area contributed by atoms with Crippen molar-refractivity contribution in [1.29, 1.82) is 0 Å². The van der Waals surface area contributed by atoms with Crippen LogP contribution in [0.25, 0.3) is 0 Å². The maximum Gasteiger partial charge on any atom is 0.324 e. The minimum Gasteiger partial charge on any atom is -0.348 e. The summed E-state index contributed by atoms with van der Waals surface area (Å²) in [6.45, 7) is 1.47. The Morgan fingerprint density at radius 2 is 2.04 bits per heavy atom. The van der Waals surface area contributed by atoms with Crippen molar-refractivity contribution >= 4 is 22.5 Å². The van der Waals surface area contributed by atoms with Gasteiger partial charge in [0, 0.05) is 36.6 Å². The van der Waals surface area contributed by atoms with Crippen LogP contribution in [-0.2, 0) is 6.54 Å². The number of urea groups is 1. The highest BCUT2D eigenvalue weighted by atomic mass is 32.1. The number of fused-ring (bicyclic) bond motifs is 1. The second-order valence-corrected chi connectivity index (χ2v) is 6.30. The SMILES string of the molecule is O=C(Nc1nccs1)N1CCn2cccc2[C@@H]1c1ccccc1. The Morgan fingerprint density at radius 3 is 2.83 bits per heavy atom. The first-order chi connectivity index (χ1) is 11.3. The molecule has 0 spiro atoms. The summed E-state index contributed by atoms with van der Waals surface area (Å²) in [7, 11) is 0. The highest BCUT2D eigenvalue weighted by molar-refractivity contribution is 7.13. The monoisotopic (exact) mass is 324 g/mol. The molecule has 1 N–H and O–H groups in total. The van der Waals surface area contributed by atoms with Crippen molar-refractivity contribution in [2.45, 2.75) is 12.6 Å². The Balaban J connectivity index is 1.69. The highest BCUT2D eigenvalue weighted by Crippen LogP contribution is 2.32. The van der Waals surface area contributed by atoms with E-state index in [9.17, 15) is 4.79 Å². The van der Waals surface area contributed by atoms with Crippen LogP contribution in [0.2, 0.25) is 0 Å². The molecule has 0 saturated carbocycles. The van der Waals surface area contributed by atoms with Gasteiger partial charge in [0.2, 0.25) is 0 Å². The summed E-state index contributed by atoms with van der Waals surface area (Å²) in [6.07, 6.45) is 3.76. The Kier molecular flexibility index (Phi) is 3.59. The molecule has 3 heterocycles. The largest absolute Gasteiger partial charge is 0.348 e. The zero-order chi connectivity index (χ0) is 15.6. The van der Waals surface area contributed by atoms with Crippen LogP contribution in [-0.4, -0.2) is 27.0 Å². The van der Waals surface area contributed by atoms with Crippen LogP contribution >= 0.6 is 11.3 Å². The van der Waals surface area contributed by atoms with Crippen LogP contribution in [0.15, 0.2) is 60.2 Å². The molecule has 5 nitrogen and oxygen atoms in total. The zero-order valence-electron chi connectivity index (χ0n) is 12.4. The topological polar surface area (TPSA) is 50.2 Å². The quantitative estimate of drug-likeness (QED) is 0.783. The molecule has 23 heavy (non-hydrogen) atoms. The number of benzene rings is 1. The van der Waals surface area contributed by atoms with Crippen molar-refractivity contribution < 1.29 is 4.79 Å². The molecule has 6 heteroatoms. The van der Waals surface area contributed by atoms with Gasteiger partial charge in [-0.25, -0.2) is 9.78 Å². The molecule has 0 saturated heterocycles. The van der Waals surface area contributed by atoms with Crippen LogP contribution in [0.5, 0.6) is 0 Å². The number of carbonyl (C=O) groups excluding carboxylic acids is 1. The number of nitrogens with one attached hydrogen (secondary N) is 1. The van der Waals surface area contributed by atoms with E-state index in [4.69, 9.17) is 0 Å². The van der Waals surface area contributed by atoms with E-state index in [0.717, 1.165) is 17.8 Å². The summed E-state index contributed by atoms with van der Waals surface area (Å²) in [5.41, 5.74) is 2.25. The highest BCUT2D eigenvalue weighted by Gasteiger charge is 2.32. The fourth-order valence-corrected chi connectivity index (χ4v) is 3.56. The molecule has 0 fully saturated rings. The molecule has 1 aliphatic heterocycles. The predicted octanol–water partition coefficient (Wildman–Crippen LogP) is 3.58. The third-order valence-corrected chi connectivity index (χ3v) is 4.75. The van der Waals surface area contributed by atoms with Gasteiger partial charge in [0.1, 0.15) is 0 Å². The third kappa shape index (κ3) is 2.61. The van der Waals surface area contributed by atoms with Crippen molar-refractivity contribution in [3.63, 3.8) is 0 Å². The molecule has 1 atom stereocenters. The number of anilines is 1. The molecule has 0 aliphatic carbocycles. The van der Waals surface area contributed by atoms with Gasteiger partial charge in [0.25, 0.3) is 0 Å². The van der Waals surface area contributed by atoms with Crippen molar-refractivity contribution in [1.82, 2.24) is 14.5 Å². The number of hydrogen-bond acceptors (Lipinski definition) is 3. The zero-order valence-corrected chi connectivity index (χ0v) is 13.2. The summed E-state index contributed by atoms with van der Waals surface area (Å²) in [4.78, 5) is 18.8. The molecule has 0 radical (unpaired) electrons. The fraction of sp³-hybridized carbons (Fsp3) is 0.176. The van der Waals surface area contributed by atoms with Gasteiger partial charge in [-0.3, -0.25) is 5.32 Å². The van der Waals surface area contributed by atoms with Crippen LogP contribution < -0.4 is 5.32 Å². The average molecular weight is 324 g/mol. The van der Waals surface area contributed by atoms with Gasteiger partial charge in [-0.2, -0.15) is 0 Å². The van der Waals surface area contributed by atoms with E-state index in [1.165, 1.54) is 11.3 Å². The lowest BCUT2D eigenvalue weighted by Crippen LogP contribution is -2.44. The van der Waals surface area contributed by atoms with Gasteiger partial charge < -0.3 is 9.47 Å². The minimum atomic E-state index is -0.110. The Morgan fingerprint density at radius 1 is 1.17 bits per heavy atom. The number of rotatable bonds is 2. The number of aromatic nitrogens is 2. The van der Waals surface area contributed by atoms with E-state index in [1.807, 2.05) is 34.5 Å². The van der Waals surface area contributed by atoms with Crippen molar-refractivity contribution in [2.24, 2.45) is 0 Å². The summed E-state index contributed by atoms with van der Waals surface area (Å²) in [5.74, 6) is 0. The maximum absolute atomic E-state index is 12.8. The maximum atomic E-state index is 12.8. The third-order valence-electron chi connectivity index (χ3n) is 4.06. The standard InChI is InChI=1S/C17H16N4OS/c22-17(19-16-18-8-12-23-16)21-11-10-20-9-4-7-14(20)15(21)13-5-2-1-3-6-13/h1-9,12,15H,10-11H2,(H,18,19,22)/t15-/m0/s1. The Labute approximate surface area is 138 Å². The molecule has 1 aliphatic rings. The van der Waals surface area contributed by atoms with Crippen molar-refractivity contribution in [3.8, 4) is 0 Å². The molecule has 3 aromatic rings. The number of thiazole rings is 1. The van der Waals surface area contributed by atoms with E-state index in [-0.39, 0.29) is 12.1 Å². The van der Waals surface area contributed by atoms with E-state index in [1.54, 1.807) is 6.20 Å². The molecule has 2 amide bonds. The van der Waals surface area contributed by atoms with Crippen LogP contribution in [0.4, 0.5) is 9.93 Å². The molecule has 2 aromatic heterocycles. The van der Waals surface area contributed by atoms with Gasteiger partial charge in [0.15, 0.2) is 5.13 Å². The fourth-order valence-electron chi connectivity index (χ4n) is 3.04. The molecular formula is C17H16N4OS. The van der Waals surface area contributed by atoms with E-state index in [0.29, 0.717) is 11.7 Å². The summed E-state index contributed by atoms with van der Waals surface area (Å²) in [5, 5.41) is 5.38. The number of hydrogen-bond donors (Lipinski definition) is 1. The lowest BCUT2D eigenvalue weighted by molar-refractivity contribution is 0.182. The summed E-state index contributed by atoms with van der Waals surface area (Å²) in [6, 6.07) is 14.1. The molecule has 0 unspecified atom stereocenters. The van der Waals surface area contributed by atoms with Crippen LogP contribution in [0.3, 0.4) is 0 Å². The molecule has 0 bridgehead atoms. The molecule has 1 aromatic carbocycles. The summed E-state index contributed by atoms with van der Waals surface area (Å²) < 4.78 is 2.21. The number of carbonyl (C=O) groups is 1. The first-order valence-electron chi connectivity index (χ1n) is 7.50. The van der Waals surface area contributed by atoms with Gasteiger partial charge in [-0.15, -0.1) is 11.3 Å². The van der Waals surface area contributed by atoms with E-state index < -0.39 is 0 Å². The summed E-state index contributed by atoms with van der Waals surface area (Å²) >= 11 is 1.42. The predicted molar refractivity (Wildman–Crippen MR) is 90.6 cm³/mol. The van der Waals surface area contributed by atoms with Gasteiger partial charge >= 0.3 is 6.03 Å². The smallest absolute Gasteiger partial charge is 0.324 e. The van der Waals surface area contributed by atoms with Gasteiger partial charge in [-0.1, -0.05) is 30.3 Å². The molecular weight excluding hydrogens is 308 g/mol. The van der Waals surface area contributed by atoms with Crippen molar-refractivity contribution in [2.75, 3.05) is 11.9 Å². The molecule has 4 rings (SSSR count). The van der Waals surface area contributed by atoms with Gasteiger partial charge in [0.05, 0.1) is 6.04 Å². The van der Waals surface area contributed by atoms with Gasteiger partial charge in [-0.05, 0) is 17.7 Å². The van der Waals surface area contributed by atoms with Crippen molar-refractivity contribution in [3.05, 3.63) is 71.5 Å². The first-order valence-corrected chi connectivity index (χ1v) is 8.38. The average Bonchev–Trinajstić information content (AvgIpc) is 3.25. The first kappa shape index (κ1) is 14.0.